The molecule has 21 heavy (non-hydrogen) atoms. The van der Waals surface area contributed by atoms with Gasteiger partial charge in [-0.05, 0) is 48.9 Å². The Labute approximate surface area is 126 Å². The number of nitrogens with zero attached hydrogens (tertiary/aromatic N) is 2. The highest BCUT2D eigenvalue weighted by atomic mass is 15.1. The first-order chi connectivity index (χ1) is 10.2. The molecule has 0 N–H and O–H groups in total. The third kappa shape index (κ3) is 3.47. The van der Waals surface area contributed by atoms with Gasteiger partial charge >= 0.3 is 0 Å². The summed E-state index contributed by atoms with van der Waals surface area (Å²) in [6.07, 6.45) is 1.83. The molecule has 0 unspecified atom stereocenters. The zero-order valence-electron chi connectivity index (χ0n) is 12.3. The van der Waals surface area contributed by atoms with E-state index < -0.39 is 0 Å². The lowest BCUT2D eigenvalue weighted by atomic mass is 10.1. The Kier molecular flexibility index (Phi) is 3.98. The van der Waals surface area contributed by atoms with Crippen LogP contribution in [0.2, 0.25) is 0 Å². The van der Waals surface area contributed by atoms with Crippen molar-refractivity contribution in [3.63, 3.8) is 0 Å². The van der Waals surface area contributed by atoms with E-state index in [4.69, 9.17) is 0 Å². The topological polar surface area (TPSA) is 16.1 Å². The fraction of sp³-hybridized carbons (Fsp3) is 0.158. The molecular formula is C19H19N2. The number of rotatable bonds is 4. The quantitative estimate of drug-likeness (QED) is 0.714. The first-order valence-electron chi connectivity index (χ1n) is 7.14. The van der Waals surface area contributed by atoms with Gasteiger partial charge in [-0.15, -0.1) is 0 Å². The van der Waals surface area contributed by atoms with Gasteiger partial charge in [0.15, 0.2) is 0 Å². The second-order valence-electron chi connectivity index (χ2n) is 5.52. The minimum absolute atomic E-state index is 0.928. The number of fused-ring (bicyclic) bond motifs is 1. The number of aromatic nitrogens is 1. The van der Waals surface area contributed by atoms with E-state index in [0.29, 0.717) is 0 Å². The van der Waals surface area contributed by atoms with Crippen LogP contribution in [0.5, 0.6) is 0 Å². The zero-order chi connectivity index (χ0) is 14.7. The lowest BCUT2D eigenvalue weighted by molar-refractivity contribution is 0.319. The molecule has 2 nitrogen and oxygen atoms in total. The van der Waals surface area contributed by atoms with E-state index in [1.807, 2.05) is 12.3 Å². The van der Waals surface area contributed by atoms with Gasteiger partial charge in [-0.3, -0.25) is 9.88 Å². The molecular weight excluding hydrogens is 256 g/mol. The summed E-state index contributed by atoms with van der Waals surface area (Å²) in [5.41, 5.74) is 4.73. The fourth-order valence-corrected chi connectivity index (χ4v) is 2.55. The lowest BCUT2D eigenvalue weighted by Gasteiger charge is -2.17. The lowest BCUT2D eigenvalue weighted by Crippen LogP contribution is -2.17. The Morgan fingerprint density at radius 2 is 1.67 bits per heavy atom. The monoisotopic (exact) mass is 275 g/mol. The van der Waals surface area contributed by atoms with Gasteiger partial charge in [0.25, 0.3) is 0 Å². The molecule has 0 amide bonds. The van der Waals surface area contributed by atoms with Gasteiger partial charge in [-0.2, -0.15) is 0 Å². The molecule has 0 atom stereocenters. The van der Waals surface area contributed by atoms with Crippen LogP contribution in [0.1, 0.15) is 16.7 Å². The van der Waals surface area contributed by atoms with Crippen LogP contribution in [0.4, 0.5) is 0 Å². The molecule has 1 heterocycles. The van der Waals surface area contributed by atoms with E-state index in [-0.39, 0.29) is 0 Å². The maximum atomic E-state index is 4.36. The molecule has 1 aromatic heterocycles. The fourth-order valence-electron chi connectivity index (χ4n) is 2.55. The van der Waals surface area contributed by atoms with Crippen molar-refractivity contribution in [2.24, 2.45) is 0 Å². The van der Waals surface area contributed by atoms with E-state index in [1.54, 1.807) is 0 Å². The van der Waals surface area contributed by atoms with Crippen molar-refractivity contribution in [3.8, 4) is 0 Å². The van der Waals surface area contributed by atoms with Crippen LogP contribution in [0, 0.1) is 6.92 Å². The predicted molar refractivity (Wildman–Crippen MR) is 87.8 cm³/mol. The van der Waals surface area contributed by atoms with Crippen molar-refractivity contribution in [2.75, 3.05) is 7.05 Å². The van der Waals surface area contributed by atoms with Crippen LogP contribution >= 0.6 is 0 Å². The van der Waals surface area contributed by atoms with E-state index >= 15 is 0 Å². The second kappa shape index (κ2) is 6.06. The SMILES string of the molecule is [CH2]c1ccc(CN(C)Cc2ccc3ncccc3c2)cc1. The Bertz CT molecular complexity index is 732. The summed E-state index contributed by atoms with van der Waals surface area (Å²) in [7, 11) is 2.14. The minimum Gasteiger partial charge on any atom is -0.298 e. The molecule has 0 fully saturated rings. The van der Waals surface area contributed by atoms with Gasteiger partial charge in [-0.25, -0.2) is 0 Å². The number of hydrogen-bond donors (Lipinski definition) is 0. The van der Waals surface area contributed by atoms with E-state index in [0.717, 1.165) is 24.2 Å². The normalized spacial score (nSPS) is 11.2. The van der Waals surface area contributed by atoms with Gasteiger partial charge < -0.3 is 0 Å². The van der Waals surface area contributed by atoms with Crippen LogP contribution in [0.15, 0.2) is 60.8 Å². The van der Waals surface area contributed by atoms with Crippen molar-refractivity contribution in [1.82, 2.24) is 9.88 Å². The highest BCUT2D eigenvalue weighted by Gasteiger charge is 2.03. The molecule has 0 aliphatic rings. The maximum absolute atomic E-state index is 4.36. The van der Waals surface area contributed by atoms with Crippen molar-refractivity contribution >= 4 is 10.9 Å². The molecule has 0 saturated carbocycles. The third-order valence-corrected chi connectivity index (χ3v) is 3.60. The highest BCUT2D eigenvalue weighted by Crippen LogP contribution is 2.15. The molecule has 3 aromatic rings. The molecule has 0 aliphatic carbocycles. The van der Waals surface area contributed by atoms with E-state index in [1.165, 1.54) is 16.5 Å². The first-order valence-corrected chi connectivity index (χ1v) is 7.14. The van der Waals surface area contributed by atoms with Crippen LogP contribution in [-0.4, -0.2) is 16.9 Å². The van der Waals surface area contributed by atoms with Gasteiger partial charge in [0, 0.05) is 24.7 Å². The van der Waals surface area contributed by atoms with E-state index in [9.17, 15) is 0 Å². The summed E-state index contributed by atoms with van der Waals surface area (Å²) in [6, 6.07) is 19.0. The summed E-state index contributed by atoms with van der Waals surface area (Å²) in [6.45, 7) is 5.78. The standard InChI is InChI=1S/C19H19N2/c1-15-5-7-16(8-6-15)13-21(2)14-17-9-10-19-18(12-17)4-3-11-20-19/h3-12H,1,13-14H2,2H3. The van der Waals surface area contributed by atoms with Gasteiger partial charge in [-0.1, -0.05) is 36.4 Å². The van der Waals surface area contributed by atoms with Crippen LogP contribution in [0.25, 0.3) is 10.9 Å². The second-order valence-corrected chi connectivity index (χ2v) is 5.52. The van der Waals surface area contributed by atoms with Crippen molar-refractivity contribution in [1.29, 1.82) is 0 Å². The molecule has 2 heteroatoms. The molecule has 2 aromatic carbocycles. The number of pyridine rings is 1. The van der Waals surface area contributed by atoms with Crippen LogP contribution < -0.4 is 0 Å². The molecule has 0 saturated heterocycles. The van der Waals surface area contributed by atoms with Crippen molar-refractivity contribution < 1.29 is 0 Å². The Morgan fingerprint density at radius 1 is 0.952 bits per heavy atom. The summed E-state index contributed by atoms with van der Waals surface area (Å²) >= 11 is 0. The molecule has 0 bridgehead atoms. The largest absolute Gasteiger partial charge is 0.298 e. The zero-order valence-corrected chi connectivity index (χ0v) is 12.3. The Hall–Kier alpha value is -2.19. The first kappa shape index (κ1) is 13.8. The average Bonchev–Trinajstić information content (AvgIpc) is 2.49. The summed E-state index contributed by atoms with van der Waals surface area (Å²) in [5, 5.41) is 1.20. The molecule has 3 rings (SSSR count). The van der Waals surface area contributed by atoms with Crippen LogP contribution in [0.3, 0.4) is 0 Å². The van der Waals surface area contributed by atoms with Gasteiger partial charge in [0.05, 0.1) is 5.52 Å². The van der Waals surface area contributed by atoms with Gasteiger partial charge in [0.1, 0.15) is 0 Å². The molecule has 105 valence electrons. The molecule has 1 radical (unpaired) electrons. The maximum Gasteiger partial charge on any atom is 0.0702 e. The van der Waals surface area contributed by atoms with E-state index in [2.05, 4.69) is 72.4 Å². The number of benzene rings is 2. The van der Waals surface area contributed by atoms with Crippen molar-refractivity contribution in [3.05, 3.63) is 84.4 Å². The Balaban J connectivity index is 1.70. The predicted octanol–water partition coefficient (Wildman–Crippen LogP) is 4.05. The van der Waals surface area contributed by atoms with Gasteiger partial charge in [0.2, 0.25) is 0 Å². The Morgan fingerprint density at radius 3 is 2.48 bits per heavy atom. The summed E-state index contributed by atoms with van der Waals surface area (Å²) in [5.74, 6) is 0. The summed E-state index contributed by atoms with van der Waals surface area (Å²) < 4.78 is 0. The summed E-state index contributed by atoms with van der Waals surface area (Å²) in [4.78, 5) is 6.67. The highest BCUT2D eigenvalue weighted by molar-refractivity contribution is 5.78. The van der Waals surface area contributed by atoms with Crippen LogP contribution in [-0.2, 0) is 13.1 Å². The average molecular weight is 275 g/mol. The third-order valence-electron chi connectivity index (χ3n) is 3.60. The molecule has 0 aliphatic heterocycles. The minimum atomic E-state index is 0.928. The molecule has 0 spiro atoms. The van der Waals surface area contributed by atoms with Crippen molar-refractivity contribution in [2.45, 2.75) is 13.1 Å². The number of hydrogen-bond acceptors (Lipinski definition) is 2. The smallest absolute Gasteiger partial charge is 0.0702 e.